The molecule has 1 aliphatic heterocycles. The molecule has 0 aromatic heterocycles. The van der Waals surface area contributed by atoms with E-state index in [1.165, 1.54) is 0 Å². The van der Waals surface area contributed by atoms with Gasteiger partial charge in [-0.15, -0.1) is 0 Å². The first kappa shape index (κ1) is 18.0. The zero-order valence-electron chi connectivity index (χ0n) is 15.8. The van der Waals surface area contributed by atoms with E-state index in [0.717, 1.165) is 28.0 Å². The molecule has 1 amide bonds. The van der Waals surface area contributed by atoms with Gasteiger partial charge < -0.3 is 4.90 Å². The van der Waals surface area contributed by atoms with Crippen LogP contribution in [-0.4, -0.2) is 31.5 Å². The van der Waals surface area contributed by atoms with E-state index < -0.39 is 15.3 Å². The van der Waals surface area contributed by atoms with Gasteiger partial charge in [0.15, 0.2) is 9.84 Å². The van der Waals surface area contributed by atoms with Crippen molar-refractivity contribution < 1.29 is 13.2 Å². The molecule has 1 unspecified atom stereocenters. The van der Waals surface area contributed by atoms with Crippen LogP contribution in [0.25, 0.3) is 5.70 Å². The SMILES string of the molecule is CC(=O)N1CC(C)(CS(=O)(=O)c2ccc(C)cc2)C2=C1c1ccccc1C2. The molecule has 1 heterocycles. The van der Waals surface area contributed by atoms with Crippen molar-refractivity contribution in [1.29, 1.82) is 0 Å². The van der Waals surface area contributed by atoms with Gasteiger partial charge >= 0.3 is 0 Å². The van der Waals surface area contributed by atoms with Crippen molar-refractivity contribution in [2.75, 3.05) is 12.3 Å². The van der Waals surface area contributed by atoms with Crippen molar-refractivity contribution in [3.8, 4) is 0 Å². The summed E-state index contributed by atoms with van der Waals surface area (Å²) in [6, 6.07) is 15.0. The summed E-state index contributed by atoms with van der Waals surface area (Å²) in [5, 5.41) is 0. The molecule has 2 aromatic carbocycles. The van der Waals surface area contributed by atoms with Crippen LogP contribution in [0.1, 0.15) is 30.5 Å². The number of hydrogen-bond acceptors (Lipinski definition) is 3. The third kappa shape index (κ3) is 2.90. The van der Waals surface area contributed by atoms with Gasteiger partial charge in [-0.3, -0.25) is 4.79 Å². The van der Waals surface area contributed by atoms with Crippen LogP contribution in [-0.2, 0) is 21.1 Å². The molecule has 0 saturated carbocycles. The molecule has 0 spiro atoms. The normalized spacial score (nSPS) is 21.4. The summed E-state index contributed by atoms with van der Waals surface area (Å²) in [6.07, 6.45) is 0.704. The number of nitrogens with zero attached hydrogens (tertiary/aromatic N) is 1. The number of sulfone groups is 1. The molecule has 1 atom stereocenters. The predicted octanol–water partition coefficient (Wildman–Crippen LogP) is 3.60. The van der Waals surface area contributed by atoms with Crippen LogP contribution in [0.15, 0.2) is 59.0 Å². The summed E-state index contributed by atoms with van der Waals surface area (Å²) in [4.78, 5) is 14.4. The first-order valence-electron chi connectivity index (χ1n) is 9.11. The van der Waals surface area contributed by atoms with Gasteiger partial charge in [-0.25, -0.2) is 8.42 Å². The number of benzene rings is 2. The summed E-state index contributed by atoms with van der Waals surface area (Å²) in [7, 11) is -3.47. The maximum Gasteiger partial charge on any atom is 0.223 e. The molecule has 0 fully saturated rings. The van der Waals surface area contributed by atoms with Crippen LogP contribution in [0.4, 0.5) is 0 Å². The van der Waals surface area contributed by atoms with Gasteiger partial charge in [-0.1, -0.05) is 48.9 Å². The summed E-state index contributed by atoms with van der Waals surface area (Å²) in [5.41, 5.74) is 4.63. The van der Waals surface area contributed by atoms with Gasteiger partial charge in [0.1, 0.15) is 0 Å². The second kappa shape index (κ2) is 6.06. The molecule has 0 saturated heterocycles. The fourth-order valence-corrected chi connectivity index (χ4v) is 6.14. The maximum absolute atomic E-state index is 13.1. The minimum atomic E-state index is -3.47. The van der Waals surface area contributed by atoms with Crippen LogP contribution in [0.2, 0.25) is 0 Å². The highest BCUT2D eigenvalue weighted by atomic mass is 32.2. The zero-order valence-corrected chi connectivity index (χ0v) is 16.6. The number of amides is 1. The van der Waals surface area contributed by atoms with Crippen LogP contribution in [0.5, 0.6) is 0 Å². The summed E-state index contributed by atoms with van der Waals surface area (Å²) in [5.74, 6) is -0.0460. The van der Waals surface area contributed by atoms with E-state index in [-0.39, 0.29) is 11.7 Å². The lowest BCUT2D eigenvalue weighted by atomic mass is 9.84. The Hall–Kier alpha value is -2.40. The molecule has 4 nitrogen and oxygen atoms in total. The second-order valence-corrected chi connectivity index (χ2v) is 9.89. The first-order chi connectivity index (χ1) is 12.7. The largest absolute Gasteiger partial charge is 0.311 e. The van der Waals surface area contributed by atoms with E-state index in [1.807, 2.05) is 44.2 Å². The second-order valence-electron chi connectivity index (χ2n) is 7.90. The molecular formula is C22H23NO3S. The third-order valence-electron chi connectivity index (χ3n) is 5.70. The van der Waals surface area contributed by atoms with Crippen molar-refractivity contribution >= 4 is 21.4 Å². The van der Waals surface area contributed by atoms with Crippen LogP contribution < -0.4 is 0 Å². The van der Waals surface area contributed by atoms with E-state index in [1.54, 1.807) is 24.0 Å². The Labute approximate surface area is 160 Å². The van der Waals surface area contributed by atoms with Gasteiger partial charge in [-0.2, -0.15) is 0 Å². The molecule has 1 aliphatic carbocycles. The lowest BCUT2D eigenvalue weighted by molar-refractivity contribution is -0.125. The van der Waals surface area contributed by atoms with Gasteiger partial charge in [0.05, 0.1) is 16.3 Å². The Morgan fingerprint density at radius 2 is 1.78 bits per heavy atom. The lowest BCUT2D eigenvalue weighted by Crippen LogP contribution is -2.36. The quantitative estimate of drug-likeness (QED) is 0.816. The summed E-state index contributed by atoms with van der Waals surface area (Å²) in [6.45, 7) is 5.87. The smallest absolute Gasteiger partial charge is 0.223 e. The maximum atomic E-state index is 13.1. The molecule has 0 bridgehead atoms. The predicted molar refractivity (Wildman–Crippen MR) is 106 cm³/mol. The number of fused-ring (bicyclic) bond motifs is 2. The Kier molecular flexibility index (Phi) is 4.04. The number of aryl methyl sites for hydroxylation is 1. The minimum Gasteiger partial charge on any atom is -0.311 e. The van der Waals surface area contributed by atoms with Gasteiger partial charge in [0.25, 0.3) is 0 Å². The molecule has 0 radical (unpaired) electrons. The molecule has 0 N–H and O–H groups in total. The average Bonchev–Trinajstić information content (AvgIpc) is 3.11. The average molecular weight is 381 g/mol. The van der Waals surface area contributed by atoms with E-state index >= 15 is 0 Å². The molecule has 4 rings (SSSR count). The third-order valence-corrected chi connectivity index (χ3v) is 7.71. The lowest BCUT2D eigenvalue weighted by Gasteiger charge is -2.29. The van der Waals surface area contributed by atoms with E-state index in [4.69, 9.17) is 0 Å². The molecular weight excluding hydrogens is 358 g/mol. The Bertz CT molecular complexity index is 1070. The topological polar surface area (TPSA) is 54.5 Å². The van der Waals surface area contributed by atoms with Gasteiger partial charge in [-0.05, 0) is 36.6 Å². The van der Waals surface area contributed by atoms with Crippen molar-refractivity contribution in [2.45, 2.75) is 32.1 Å². The number of carbonyl (C=O) groups is 1. The van der Waals surface area contributed by atoms with Gasteiger partial charge in [0.2, 0.25) is 5.91 Å². The highest BCUT2D eigenvalue weighted by Gasteiger charge is 2.48. The van der Waals surface area contributed by atoms with Gasteiger partial charge in [0, 0.05) is 24.4 Å². The summed E-state index contributed by atoms with van der Waals surface area (Å²) < 4.78 is 26.2. The summed E-state index contributed by atoms with van der Waals surface area (Å²) >= 11 is 0. The molecule has 5 heteroatoms. The fraction of sp³-hybridized carbons (Fsp3) is 0.318. The molecule has 2 aromatic rings. The van der Waals surface area contributed by atoms with E-state index in [2.05, 4.69) is 6.07 Å². The van der Waals surface area contributed by atoms with Crippen LogP contribution in [0, 0.1) is 12.3 Å². The van der Waals surface area contributed by atoms with Crippen molar-refractivity contribution in [1.82, 2.24) is 4.90 Å². The monoisotopic (exact) mass is 381 g/mol. The highest BCUT2D eigenvalue weighted by Crippen LogP contribution is 2.50. The van der Waals surface area contributed by atoms with Crippen LogP contribution >= 0.6 is 0 Å². The van der Waals surface area contributed by atoms with Crippen molar-refractivity contribution in [3.63, 3.8) is 0 Å². The number of carbonyl (C=O) groups excluding carboxylic acids is 1. The highest BCUT2D eigenvalue weighted by molar-refractivity contribution is 7.91. The molecule has 2 aliphatic rings. The number of rotatable bonds is 3. The van der Waals surface area contributed by atoms with Crippen LogP contribution in [0.3, 0.4) is 0 Å². The molecule has 140 valence electrons. The number of hydrogen-bond donors (Lipinski definition) is 0. The van der Waals surface area contributed by atoms with Crippen molar-refractivity contribution in [3.05, 3.63) is 70.8 Å². The van der Waals surface area contributed by atoms with E-state index in [0.29, 0.717) is 17.9 Å². The Morgan fingerprint density at radius 1 is 1.11 bits per heavy atom. The Balaban J connectivity index is 1.75. The Morgan fingerprint density at radius 3 is 2.44 bits per heavy atom. The zero-order chi connectivity index (χ0) is 19.4. The standard InChI is InChI=1S/C22H23NO3S/c1-15-8-10-18(11-9-15)27(25,26)14-22(3)13-23(16(2)24)21-19-7-5-4-6-17(19)12-20(21)22/h4-11H,12-14H2,1-3H3. The molecule has 27 heavy (non-hydrogen) atoms. The first-order valence-corrected chi connectivity index (χ1v) is 10.8. The van der Waals surface area contributed by atoms with Crippen molar-refractivity contribution in [2.24, 2.45) is 5.41 Å². The minimum absolute atomic E-state index is 0.000334. The van der Waals surface area contributed by atoms with E-state index in [9.17, 15) is 13.2 Å². The fourth-order valence-electron chi connectivity index (χ4n) is 4.32.